The van der Waals surface area contributed by atoms with Crippen LogP contribution in [-0.4, -0.2) is 37.2 Å². The molecule has 1 atom stereocenters. The second-order valence-corrected chi connectivity index (χ2v) is 21.3. The molecule has 0 aliphatic rings. The quantitative estimate of drug-likeness (QED) is 0.0261. The molecule has 0 saturated carbocycles. The number of hydrogen-bond donors (Lipinski definition) is 0. The van der Waals surface area contributed by atoms with Gasteiger partial charge in [-0.15, -0.1) is 0 Å². The Morgan fingerprint density at radius 2 is 0.507 bits per heavy atom. The van der Waals surface area contributed by atoms with Gasteiger partial charge in [-0.2, -0.15) is 0 Å². The molecule has 0 unspecified atom stereocenters. The number of rotatable bonds is 58. The van der Waals surface area contributed by atoms with E-state index in [2.05, 4.69) is 57.2 Å². The molecule has 6 nitrogen and oxygen atoms in total. The molecule has 0 bridgehead atoms. The molecular weight excluding hydrogens is 877 g/mol. The number of ether oxygens (including phenoxy) is 3. The minimum atomic E-state index is -0.773. The van der Waals surface area contributed by atoms with Crippen LogP contribution < -0.4 is 0 Å². The summed E-state index contributed by atoms with van der Waals surface area (Å²) in [6, 6.07) is 0. The number of hydrogen-bond acceptors (Lipinski definition) is 6. The van der Waals surface area contributed by atoms with Crippen LogP contribution in [0.1, 0.15) is 342 Å². The fourth-order valence-electron chi connectivity index (χ4n) is 9.35. The van der Waals surface area contributed by atoms with Gasteiger partial charge in [0.1, 0.15) is 13.2 Å². The number of allylic oxidation sites excluding steroid dienone is 6. The summed E-state index contributed by atoms with van der Waals surface area (Å²) >= 11 is 0. The van der Waals surface area contributed by atoms with Crippen molar-refractivity contribution in [3.8, 4) is 0 Å². The van der Waals surface area contributed by atoms with Crippen LogP contribution in [0, 0.1) is 0 Å². The van der Waals surface area contributed by atoms with E-state index in [0.717, 1.165) is 64.2 Å². The highest BCUT2D eigenvalue weighted by Crippen LogP contribution is 2.17. The largest absolute Gasteiger partial charge is 0.462 e. The molecule has 0 rings (SSSR count). The van der Waals surface area contributed by atoms with Crippen molar-refractivity contribution in [1.82, 2.24) is 0 Å². The molecule has 0 amide bonds. The van der Waals surface area contributed by atoms with Crippen molar-refractivity contribution < 1.29 is 28.6 Å². The number of carbonyl (C=O) groups excluding carboxylic acids is 3. The lowest BCUT2D eigenvalue weighted by molar-refractivity contribution is -0.167. The van der Waals surface area contributed by atoms with E-state index in [-0.39, 0.29) is 31.1 Å². The van der Waals surface area contributed by atoms with Crippen molar-refractivity contribution >= 4 is 17.9 Å². The molecule has 0 aromatic rings. The first-order valence-corrected chi connectivity index (χ1v) is 31.5. The lowest BCUT2D eigenvalue weighted by atomic mass is 10.0. The molecule has 6 heteroatoms. The van der Waals surface area contributed by atoms with Gasteiger partial charge in [0.15, 0.2) is 6.10 Å². The molecule has 0 fully saturated rings. The molecular formula is C65H120O6. The molecule has 0 heterocycles. The van der Waals surface area contributed by atoms with E-state index in [1.165, 1.54) is 238 Å². The normalized spacial score (nSPS) is 12.2. The van der Waals surface area contributed by atoms with E-state index in [0.29, 0.717) is 19.3 Å². The topological polar surface area (TPSA) is 78.9 Å². The van der Waals surface area contributed by atoms with E-state index < -0.39 is 6.10 Å². The average Bonchev–Trinajstić information content (AvgIpc) is 3.37. The predicted molar refractivity (Wildman–Crippen MR) is 307 cm³/mol. The van der Waals surface area contributed by atoms with E-state index in [1.807, 2.05) is 0 Å². The third-order valence-corrected chi connectivity index (χ3v) is 14.1. The molecule has 0 aromatic carbocycles. The Kier molecular flexibility index (Phi) is 58.2. The van der Waals surface area contributed by atoms with Gasteiger partial charge >= 0.3 is 17.9 Å². The van der Waals surface area contributed by atoms with Gasteiger partial charge in [0.2, 0.25) is 0 Å². The third kappa shape index (κ3) is 58.4. The highest BCUT2D eigenvalue weighted by atomic mass is 16.6. The van der Waals surface area contributed by atoms with Gasteiger partial charge < -0.3 is 14.2 Å². The molecule has 0 spiro atoms. The maximum atomic E-state index is 12.9. The summed E-state index contributed by atoms with van der Waals surface area (Å²) in [5.74, 6) is -0.853. The van der Waals surface area contributed by atoms with Crippen LogP contribution in [0.4, 0.5) is 0 Å². The number of carbonyl (C=O) groups is 3. The Labute approximate surface area is 442 Å². The van der Waals surface area contributed by atoms with Crippen molar-refractivity contribution in [2.75, 3.05) is 13.2 Å². The van der Waals surface area contributed by atoms with Crippen molar-refractivity contribution in [1.29, 1.82) is 0 Å². The molecule has 416 valence electrons. The summed E-state index contributed by atoms with van der Waals surface area (Å²) < 4.78 is 16.9. The number of esters is 3. The Morgan fingerprint density at radius 3 is 0.817 bits per heavy atom. The molecule has 0 aromatic heterocycles. The van der Waals surface area contributed by atoms with Gasteiger partial charge in [-0.05, 0) is 77.0 Å². The maximum absolute atomic E-state index is 12.9. The summed E-state index contributed by atoms with van der Waals surface area (Å²) in [5, 5.41) is 0. The van der Waals surface area contributed by atoms with E-state index in [1.54, 1.807) is 0 Å². The van der Waals surface area contributed by atoms with Crippen LogP contribution in [0.3, 0.4) is 0 Å². The zero-order chi connectivity index (χ0) is 51.4. The Balaban J connectivity index is 4.33. The summed E-state index contributed by atoms with van der Waals surface area (Å²) in [5.41, 5.74) is 0. The smallest absolute Gasteiger partial charge is 0.306 e. The molecule has 0 aliphatic carbocycles. The van der Waals surface area contributed by atoms with Crippen LogP contribution in [-0.2, 0) is 28.6 Å². The molecule has 0 saturated heterocycles. The Hall–Kier alpha value is -2.37. The van der Waals surface area contributed by atoms with Crippen molar-refractivity contribution in [3.05, 3.63) is 36.5 Å². The average molecular weight is 998 g/mol. The molecule has 0 aliphatic heterocycles. The first-order valence-electron chi connectivity index (χ1n) is 31.5. The van der Waals surface area contributed by atoms with Gasteiger partial charge in [-0.3, -0.25) is 14.4 Å². The lowest BCUT2D eigenvalue weighted by Gasteiger charge is -2.18. The maximum Gasteiger partial charge on any atom is 0.306 e. The van der Waals surface area contributed by atoms with Gasteiger partial charge in [0.05, 0.1) is 0 Å². The fraction of sp³-hybridized carbons (Fsp3) is 0.862. The van der Waals surface area contributed by atoms with Gasteiger partial charge in [0, 0.05) is 19.3 Å². The second-order valence-electron chi connectivity index (χ2n) is 21.3. The number of unbranched alkanes of at least 4 members (excludes halogenated alkanes) is 41. The van der Waals surface area contributed by atoms with Gasteiger partial charge in [-0.25, -0.2) is 0 Å². The van der Waals surface area contributed by atoms with E-state index in [4.69, 9.17) is 14.2 Å². The molecule has 71 heavy (non-hydrogen) atoms. The minimum Gasteiger partial charge on any atom is -0.462 e. The fourth-order valence-corrected chi connectivity index (χ4v) is 9.35. The summed E-state index contributed by atoms with van der Waals surface area (Å²) in [6.45, 7) is 6.66. The highest BCUT2D eigenvalue weighted by molar-refractivity contribution is 5.71. The standard InChI is InChI=1S/C65H120O6/c1-4-7-10-13-16-19-22-25-28-30-32-34-37-40-43-46-49-52-55-58-64(67)70-61-62(60-69-63(66)57-54-51-48-45-42-39-36-27-24-21-18-15-12-9-6-3)71-65(68)59-56-53-50-47-44-41-38-35-33-31-29-26-23-20-17-14-11-8-5-2/h16,19,25-26,28-29,62H,4-15,17-18,20-24,27,30-61H2,1-3H3/b19-16-,28-25-,29-26-/t62-/m1/s1. The third-order valence-electron chi connectivity index (χ3n) is 14.1. The first kappa shape index (κ1) is 68.6. The van der Waals surface area contributed by atoms with Gasteiger partial charge in [-0.1, -0.05) is 282 Å². The molecule has 0 radical (unpaired) electrons. The first-order chi connectivity index (χ1) is 35.0. The Morgan fingerprint density at radius 1 is 0.282 bits per heavy atom. The Bertz CT molecular complexity index is 1190. The zero-order valence-corrected chi connectivity index (χ0v) is 47.8. The van der Waals surface area contributed by atoms with Crippen LogP contribution >= 0.6 is 0 Å². The van der Waals surface area contributed by atoms with Crippen LogP contribution in [0.5, 0.6) is 0 Å². The predicted octanol–water partition coefficient (Wildman–Crippen LogP) is 21.2. The van der Waals surface area contributed by atoms with Crippen molar-refractivity contribution in [3.63, 3.8) is 0 Å². The highest BCUT2D eigenvalue weighted by Gasteiger charge is 2.19. The minimum absolute atomic E-state index is 0.0698. The second kappa shape index (κ2) is 60.2. The van der Waals surface area contributed by atoms with Crippen molar-refractivity contribution in [2.45, 2.75) is 348 Å². The SMILES string of the molecule is CCCCC/C=C\C/C=C\CCCCCCCCCCCC(=O)OC[C@@H](COC(=O)CCCCCCCCCCCCCCCCC)OC(=O)CCCCCCCCCCC/C=C\CCCCCCCC. The van der Waals surface area contributed by atoms with E-state index in [9.17, 15) is 14.4 Å². The van der Waals surface area contributed by atoms with Crippen molar-refractivity contribution in [2.24, 2.45) is 0 Å². The van der Waals surface area contributed by atoms with E-state index >= 15 is 0 Å². The van der Waals surface area contributed by atoms with Crippen LogP contribution in [0.2, 0.25) is 0 Å². The summed E-state index contributed by atoms with van der Waals surface area (Å²) in [4.78, 5) is 38.3. The van der Waals surface area contributed by atoms with Crippen LogP contribution in [0.15, 0.2) is 36.5 Å². The van der Waals surface area contributed by atoms with Crippen LogP contribution in [0.25, 0.3) is 0 Å². The van der Waals surface area contributed by atoms with Gasteiger partial charge in [0.25, 0.3) is 0 Å². The monoisotopic (exact) mass is 997 g/mol. The molecule has 0 N–H and O–H groups in total. The summed E-state index contributed by atoms with van der Waals surface area (Å²) in [7, 11) is 0. The lowest BCUT2D eigenvalue weighted by Crippen LogP contribution is -2.30. The zero-order valence-electron chi connectivity index (χ0n) is 47.8. The summed E-state index contributed by atoms with van der Waals surface area (Å²) in [6.07, 6.45) is 72.8.